The van der Waals surface area contributed by atoms with Gasteiger partial charge in [0, 0.05) is 18.3 Å². The van der Waals surface area contributed by atoms with E-state index in [2.05, 4.69) is 31.3 Å². The third-order valence-corrected chi connectivity index (χ3v) is 3.27. The first-order valence-corrected chi connectivity index (χ1v) is 5.49. The molecule has 0 radical (unpaired) electrons. The maximum atomic E-state index is 5.64. The Labute approximate surface area is 91.8 Å². The van der Waals surface area contributed by atoms with Crippen LogP contribution in [0.2, 0.25) is 0 Å². The molecule has 86 valence electrons. The monoisotopic (exact) mass is 210 g/mol. The molecular formula is C11H22N4. The molecule has 0 bridgehead atoms. The predicted molar refractivity (Wildman–Crippen MR) is 62.2 cm³/mol. The first kappa shape index (κ1) is 12.2. The highest BCUT2D eigenvalue weighted by atomic mass is 15.3. The number of aromatic nitrogens is 2. The Morgan fingerprint density at radius 3 is 2.40 bits per heavy atom. The van der Waals surface area contributed by atoms with E-state index in [0.717, 1.165) is 12.1 Å². The van der Waals surface area contributed by atoms with Gasteiger partial charge in [-0.3, -0.25) is 16.0 Å². The van der Waals surface area contributed by atoms with Crippen LogP contribution >= 0.6 is 0 Å². The second-order valence-electron chi connectivity index (χ2n) is 4.24. The lowest BCUT2D eigenvalue weighted by Gasteiger charge is -2.22. The van der Waals surface area contributed by atoms with Crippen LogP contribution in [0.4, 0.5) is 0 Å². The fourth-order valence-corrected chi connectivity index (χ4v) is 2.01. The van der Waals surface area contributed by atoms with Crippen molar-refractivity contribution >= 4 is 0 Å². The number of aryl methyl sites for hydroxylation is 2. The molecule has 4 heteroatoms. The standard InChI is InChI=1S/C11H22N4/c1-6-7(2)11(13-12)10-8(3)14-15(5)9(10)4/h7,11,13H,6,12H2,1-5H3. The van der Waals surface area contributed by atoms with Crippen LogP contribution in [0.1, 0.15) is 43.3 Å². The van der Waals surface area contributed by atoms with Crippen molar-refractivity contribution in [3.63, 3.8) is 0 Å². The van der Waals surface area contributed by atoms with E-state index in [-0.39, 0.29) is 6.04 Å². The van der Waals surface area contributed by atoms with Gasteiger partial charge in [-0.1, -0.05) is 20.3 Å². The van der Waals surface area contributed by atoms with Gasteiger partial charge in [0.25, 0.3) is 0 Å². The van der Waals surface area contributed by atoms with E-state index < -0.39 is 0 Å². The maximum Gasteiger partial charge on any atom is 0.0644 e. The summed E-state index contributed by atoms with van der Waals surface area (Å²) < 4.78 is 1.91. The molecule has 0 fully saturated rings. The van der Waals surface area contributed by atoms with Crippen molar-refractivity contribution in [2.45, 2.75) is 40.2 Å². The van der Waals surface area contributed by atoms with Crippen molar-refractivity contribution in [2.24, 2.45) is 18.8 Å². The molecule has 0 amide bonds. The number of hydrogen-bond acceptors (Lipinski definition) is 3. The molecule has 4 nitrogen and oxygen atoms in total. The average Bonchev–Trinajstić information content (AvgIpc) is 2.45. The summed E-state index contributed by atoms with van der Waals surface area (Å²) in [6.07, 6.45) is 1.10. The van der Waals surface area contributed by atoms with Gasteiger partial charge in [-0.25, -0.2) is 0 Å². The lowest BCUT2D eigenvalue weighted by atomic mass is 9.92. The van der Waals surface area contributed by atoms with Crippen molar-refractivity contribution in [1.82, 2.24) is 15.2 Å². The largest absolute Gasteiger partial charge is 0.272 e. The van der Waals surface area contributed by atoms with Gasteiger partial charge in [0.05, 0.1) is 11.7 Å². The average molecular weight is 210 g/mol. The predicted octanol–water partition coefficient (Wildman–Crippen LogP) is 1.59. The molecule has 0 aliphatic heterocycles. The summed E-state index contributed by atoms with van der Waals surface area (Å²) >= 11 is 0. The normalized spacial score (nSPS) is 15.3. The van der Waals surface area contributed by atoms with Crippen molar-refractivity contribution < 1.29 is 0 Å². The van der Waals surface area contributed by atoms with Crippen LogP contribution in [0.25, 0.3) is 0 Å². The molecule has 0 saturated carbocycles. The van der Waals surface area contributed by atoms with E-state index in [1.807, 2.05) is 18.7 Å². The fraction of sp³-hybridized carbons (Fsp3) is 0.727. The Morgan fingerprint density at radius 1 is 1.47 bits per heavy atom. The summed E-state index contributed by atoms with van der Waals surface area (Å²) in [6.45, 7) is 8.50. The molecule has 0 aromatic carbocycles. The minimum atomic E-state index is 0.198. The molecule has 0 aliphatic rings. The van der Waals surface area contributed by atoms with Crippen LogP contribution in [-0.2, 0) is 7.05 Å². The first-order chi connectivity index (χ1) is 7.02. The van der Waals surface area contributed by atoms with Crippen LogP contribution in [0.5, 0.6) is 0 Å². The van der Waals surface area contributed by atoms with Crippen LogP contribution in [0.3, 0.4) is 0 Å². The highest BCUT2D eigenvalue weighted by Gasteiger charge is 2.23. The number of hydrazine groups is 1. The highest BCUT2D eigenvalue weighted by molar-refractivity contribution is 5.28. The third-order valence-electron chi connectivity index (χ3n) is 3.27. The second kappa shape index (κ2) is 4.77. The molecule has 1 aromatic rings. The molecule has 0 aliphatic carbocycles. The summed E-state index contributed by atoms with van der Waals surface area (Å²) in [5.41, 5.74) is 6.41. The Hall–Kier alpha value is -0.870. The van der Waals surface area contributed by atoms with Crippen LogP contribution in [0, 0.1) is 19.8 Å². The van der Waals surface area contributed by atoms with E-state index in [4.69, 9.17) is 5.84 Å². The topological polar surface area (TPSA) is 55.9 Å². The molecule has 1 rings (SSSR count). The van der Waals surface area contributed by atoms with Crippen molar-refractivity contribution in [3.8, 4) is 0 Å². The van der Waals surface area contributed by atoms with E-state index in [9.17, 15) is 0 Å². The van der Waals surface area contributed by atoms with Crippen molar-refractivity contribution in [3.05, 3.63) is 17.0 Å². The Morgan fingerprint density at radius 2 is 2.07 bits per heavy atom. The molecule has 3 N–H and O–H groups in total. The van der Waals surface area contributed by atoms with Gasteiger partial charge in [0.15, 0.2) is 0 Å². The number of nitrogens with zero attached hydrogens (tertiary/aromatic N) is 2. The molecule has 0 spiro atoms. The third kappa shape index (κ3) is 2.21. The van der Waals surface area contributed by atoms with E-state index in [0.29, 0.717) is 5.92 Å². The van der Waals surface area contributed by atoms with Gasteiger partial charge in [-0.2, -0.15) is 5.10 Å². The minimum absolute atomic E-state index is 0.198. The van der Waals surface area contributed by atoms with Gasteiger partial charge in [-0.05, 0) is 19.8 Å². The smallest absolute Gasteiger partial charge is 0.0644 e. The molecular weight excluding hydrogens is 188 g/mol. The Balaban J connectivity index is 3.11. The molecule has 0 saturated heterocycles. The molecule has 2 atom stereocenters. The van der Waals surface area contributed by atoms with Gasteiger partial charge < -0.3 is 0 Å². The van der Waals surface area contributed by atoms with Gasteiger partial charge in [-0.15, -0.1) is 0 Å². The summed E-state index contributed by atoms with van der Waals surface area (Å²) in [6, 6.07) is 0.198. The summed E-state index contributed by atoms with van der Waals surface area (Å²) in [4.78, 5) is 0. The molecule has 1 aromatic heterocycles. The number of hydrogen-bond donors (Lipinski definition) is 2. The first-order valence-electron chi connectivity index (χ1n) is 5.49. The fourth-order valence-electron chi connectivity index (χ4n) is 2.01. The van der Waals surface area contributed by atoms with E-state index in [1.54, 1.807) is 0 Å². The van der Waals surface area contributed by atoms with Crippen LogP contribution < -0.4 is 11.3 Å². The zero-order valence-electron chi connectivity index (χ0n) is 10.3. The highest BCUT2D eigenvalue weighted by Crippen LogP contribution is 2.28. The van der Waals surface area contributed by atoms with Crippen LogP contribution in [-0.4, -0.2) is 9.78 Å². The number of nitrogens with one attached hydrogen (secondary N) is 1. The summed E-state index contributed by atoms with van der Waals surface area (Å²) in [7, 11) is 1.97. The van der Waals surface area contributed by atoms with E-state index >= 15 is 0 Å². The number of nitrogens with two attached hydrogens (primary N) is 1. The quantitative estimate of drug-likeness (QED) is 0.586. The van der Waals surface area contributed by atoms with Crippen molar-refractivity contribution in [2.75, 3.05) is 0 Å². The van der Waals surface area contributed by atoms with Crippen molar-refractivity contribution in [1.29, 1.82) is 0 Å². The lowest BCUT2D eigenvalue weighted by Crippen LogP contribution is -2.33. The SMILES string of the molecule is CCC(C)C(NN)c1c(C)nn(C)c1C. The molecule has 15 heavy (non-hydrogen) atoms. The summed E-state index contributed by atoms with van der Waals surface area (Å²) in [5.74, 6) is 6.15. The molecule has 1 heterocycles. The summed E-state index contributed by atoms with van der Waals surface area (Å²) in [5, 5.41) is 4.42. The minimum Gasteiger partial charge on any atom is -0.272 e. The molecule has 2 unspecified atom stereocenters. The lowest BCUT2D eigenvalue weighted by molar-refractivity contribution is 0.380. The van der Waals surface area contributed by atoms with Gasteiger partial charge >= 0.3 is 0 Å². The van der Waals surface area contributed by atoms with Crippen LogP contribution in [0.15, 0.2) is 0 Å². The second-order valence-corrected chi connectivity index (χ2v) is 4.24. The number of rotatable bonds is 4. The Kier molecular flexibility index (Phi) is 3.88. The maximum absolute atomic E-state index is 5.64. The van der Waals surface area contributed by atoms with E-state index in [1.165, 1.54) is 11.3 Å². The zero-order valence-corrected chi connectivity index (χ0v) is 10.3. The Bertz CT molecular complexity index is 330. The van der Waals surface area contributed by atoms with Gasteiger partial charge in [0.1, 0.15) is 0 Å². The zero-order chi connectivity index (χ0) is 11.6. The van der Waals surface area contributed by atoms with Gasteiger partial charge in [0.2, 0.25) is 0 Å².